The number of nitrogens with zero attached hydrogens (tertiary/aromatic N) is 1. The fourth-order valence-corrected chi connectivity index (χ4v) is 3.64. The number of hydrogen-bond donors (Lipinski definition) is 2. The van der Waals surface area contributed by atoms with E-state index >= 15 is 0 Å². The lowest BCUT2D eigenvalue weighted by atomic mass is 10.2. The molecule has 0 radical (unpaired) electrons. The molecule has 1 aromatic heterocycles. The predicted molar refractivity (Wildman–Crippen MR) is 109 cm³/mol. The van der Waals surface area contributed by atoms with Crippen LogP contribution in [-0.4, -0.2) is 39.3 Å². The molecule has 1 heterocycles. The van der Waals surface area contributed by atoms with Crippen LogP contribution in [0.2, 0.25) is 0 Å². The van der Waals surface area contributed by atoms with Gasteiger partial charge in [0.05, 0.1) is 20.3 Å². The number of guanidine groups is 1. The smallest absolute Gasteiger partial charge is 0.191 e. The summed E-state index contributed by atoms with van der Waals surface area (Å²) in [5, 5.41) is 6.71. The average Bonchev–Trinajstić information content (AvgIpc) is 3.05. The molecule has 1 aromatic carbocycles. The first-order valence-electron chi connectivity index (χ1n) is 8.84. The van der Waals surface area contributed by atoms with E-state index in [1.807, 2.05) is 35.6 Å². The molecule has 1 atom stereocenters. The van der Waals surface area contributed by atoms with Crippen LogP contribution in [0.4, 0.5) is 0 Å². The number of para-hydroxylation sites is 1. The van der Waals surface area contributed by atoms with Crippen LogP contribution in [0.15, 0.2) is 41.4 Å². The molecule has 0 aliphatic rings. The summed E-state index contributed by atoms with van der Waals surface area (Å²) in [6.45, 7) is 6.13. The van der Waals surface area contributed by atoms with Gasteiger partial charge in [0.25, 0.3) is 0 Å². The SMILES string of the molecule is CN=C(NCCOCc1ccccc1OC)NC(C)Cc1ccc(C)s1. The van der Waals surface area contributed by atoms with Crippen molar-refractivity contribution in [3.8, 4) is 5.75 Å². The van der Waals surface area contributed by atoms with Gasteiger partial charge in [-0.05, 0) is 32.0 Å². The maximum atomic E-state index is 5.74. The lowest BCUT2D eigenvalue weighted by Crippen LogP contribution is -2.44. The zero-order valence-corrected chi connectivity index (χ0v) is 16.9. The van der Waals surface area contributed by atoms with Gasteiger partial charge in [-0.1, -0.05) is 18.2 Å². The molecule has 26 heavy (non-hydrogen) atoms. The summed E-state index contributed by atoms with van der Waals surface area (Å²) < 4.78 is 11.1. The fraction of sp³-hybridized carbons (Fsp3) is 0.450. The maximum absolute atomic E-state index is 5.74. The zero-order chi connectivity index (χ0) is 18.8. The Morgan fingerprint density at radius 1 is 1.23 bits per heavy atom. The first kappa shape index (κ1) is 20.3. The molecule has 0 saturated carbocycles. The van der Waals surface area contributed by atoms with Crippen molar-refractivity contribution in [2.75, 3.05) is 27.3 Å². The molecule has 0 aliphatic heterocycles. The van der Waals surface area contributed by atoms with Crippen molar-refractivity contribution in [2.24, 2.45) is 4.99 Å². The molecule has 0 saturated heterocycles. The van der Waals surface area contributed by atoms with Gasteiger partial charge >= 0.3 is 0 Å². The Balaban J connectivity index is 1.67. The molecule has 0 amide bonds. The van der Waals surface area contributed by atoms with Crippen LogP contribution >= 0.6 is 11.3 Å². The highest BCUT2D eigenvalue weighted by atomic mass is 32.1. The van der Waals surface area contributed by atoms with Gasteiger partial charge in [0.2, 0.25) is 0 Å². The van der Waals surface area contributed by atoms with Gasteiger partial charge < -0.3 is 20.1 Å². The number of ether oxygens (including phenoxy) is 2. The van der Waals surface area contributed by atoms with E-state index in [9.17, 15) is 0 Å². The molecular formula is C20H29N3O2S. The van der Waals surface area contributed by atoms with Crippen LogP contribution in [-0.2, 0) is 17.8 Å². The molecule has 2 rings (SSSR count). The maximum Gasteiger partial charge on any atom is 0.191 e. The minimum atomic E-state index is 0.314. The molecule has 0 fully saturated rings. The summed E-state index contributed by atoms with van der Waals surface area (Å²) in [6, 6.07) is 12.6. The van der Waals surface area contributed by atoms with Crippen LogP contribution in [0, 0.1) is 6.92 Å². The Morgan fingerprint density at radius 3 is 2.73 bits per heavy atom. The van der Waals surface area contributed by atoms with E-state index in [2.05, 4.69) is 41.6 Å². The quantitative estimate of drug-likeness (QED) is 0.401. The fourth-order valence-electron chi connectivity index (χ4n) is 2.62. The molecule has 2 N–H and O–H groups in total. The number of aliphatic imine (C=N–C) groups is 1. The zero-order valence-electron chi connectivity index (χ0n) is 16.0. The third kappa shape index (κ3) is 6.69. The molecule has 2 aromatic rings. The topological polar surface area (TPSA) is 54.9 Å². The number of hydrogen-bond acceptors (Lipinski definition) is 4. The van der Waals surface area contributed by atoms with E-state index in [1.165, 1.54) is 9.75 Å². The predicted octanol–water partition coefficient (Wildman–Crippen LogP) is 3.38. The number of nitrogens with one attached hydrogen (secondary N) is 2. The van der Waals surface area contributed by atoms with E-state index in [-0.39, 0.29) is 0 Å². The lowest BCUT2D eigenvalue weighted by Gasteiger charge is -2.17. The summed E-state index contributed by atoms with van der Waals surface area (Å²) in [7, 11) is 3.46. The van der Waals surface area contributed by atoms with Crippen LogP contribution in [0.25, 0.3) is 0 Å². The van der Waals surface area contributed by atoms with Gasteiger partial charge in [-0.2, -0.15) is 0 Å². The second kappa shape index (κ2) is 10.8. The van der Waals surface area contributed by atoms with Gasteiger partial charge in [0, 0.05) is 41.4 Å². The number of rotatable bonds is 9. The van der Waals surface area contributed by atoms with Crippen molar-refractivity contribution in [1.82, 2.24) is 10.6 Å². The standard InChI is InChI=1S/C20H29N3O2S/c1-15(13-18-10-9-16(2)26-18)23-20(21-3)22-11-12-25-14-17-7-5-6-8-19(17)24-4/h5-10,15H,11-14H2,1-4H3,(H2,21,22,23). The van der Waals surface area contributed by atoms with Crippen molar-refractivity contribution in [1.29, 1.82) is 0 Å². The molecule has 6 heteroatoms. The molecule has 0 bridgehead atoms. The Bertz CT molecular complexity index is 700. The summed E-state index contributed by atoms with van der Waals surface area (Å²) in [5.74, 6) is 1.65. The molecule has 0 aliphatic carbocycles. The Morgan fingerprint density at radius 2 is 2.04 bits per heavy atom. The number of thiophene rings is 1. The van der Waals surface area contributed by atoms with E-state index in [4.69, 9.17) is 9.47 Å². The Labute approximate surface area is 160 Å². The first-order valence-corrected chi connectivity index (χ1v) is 9.66. The second-order valence-corrected chi connectivity index (χ2v) is 7.50. The third-order valence-electron chi connectivity index (χ3n) is 3.90. The number of methoxy groups -OCH3 is 1. The lowest BCUT2D eigenvalue weighted by molar-refractivity contribution is 0.123. The second-order valence-electron chi connectivity index (χ2n) is 6.13. The minimum absolute atomic E-state index is 0.314. The highest BCUT2D eigenvalue weighted by Crippen LogP contribution is 2.18. The van der Waals surface area contributed by atoms with Crippen molar-refractivity contribution in [2.45, 2.75) is 32.9 Å². The van der Waals surface area contributed by atoms with Crippen LogP contribution in [0.3, 0.4) is 0 Å². The molecule has 142 valence electrons. The monoisotopic (exact) mass is 375 g/mol. The van der Waals surface area contributed by atoms with Crippen molar-refractivity contribution >= 4 is 17.3 Å². The highest BCUT2D eigenvalue weighted by molar-refractivity contribution is 7.11. The van der Waals surface area contributed by atoms with Crippen LogP contribution in [0.5, 0.6) is 5.75 Å². The molecule has 1 unspecified atom stereocenters. The third-order valence-corrected chi connectivity index (χ3v) is 4.92. The Hall–Kier alpha value is -2.05. The molecular weight excluding hydrogens is 346 g/mol. The summed E-state index contributed by atoms with van der Waals surface area (Å²) in [4.78, 5) is 7.02. The normalized spacial score (nSPS) is 12.7. The summed E-state index contributed by atoms with van der Waals surface area (Å²) in [5.41, 5.74) is 1.05. The van der Waals surface area contributed by atoms with E-state index in [0.29, 0.717) is 25.8 Å². The van der Waals surface area contributed by atoms with E-state index < -0.39 is 0 Å². The van der Waals surface area contributed by atoms with Gasteiger partial charge in [-0.25, -0.2) is 0 Å². The summed E-state index contributed by atoms with van der Waals surface area (Å²) in [6.07, 6.45) is 0.990. The van der Waals surface area contributed by atoms with E-state index in [0.717, 1.165) is 23.7 Å². The van der Waals surface area contributed by atoms with Crippen molar-refractivity contribution in [3.63, 3.8) is 0 Å². The number of benzene rings is 1. The average molecular weight is 376 g/mol. The first-order chi connectivity index (χ1) is 12.6. The minimum Gasteiger partial charge on any atom is -0.496 e. The van der Waals surface area contributed by atoms with Crippen LogP contribution < -0.4 is 15.4 Å². The van der Waals surface area contributed by atoms with Gasteiger partial charge in [-0.3, -0.25) is 4.99 Å². The molecule has 0 spiro atoms. The van der Waals surface area contributed by atoms with E-state index in [1.54, 1.807) is 14.2 Å². The highest BCUT2D eigenvalue weighted by Gasteiger charge is 2.08. The summed E-state index contributed by atoms with van der Waals surface area (Å²) >= 11 is 1.85. The van der Waals surface area contributed by atoms with Crippen molar-refractivity contribution in [3.05, 3.63) is 51.7 Å². The number of aryl methyl sites for hydroxylation is 1. The van der Waals surface area contributed by atoms with Crippen LogP contribution in [0.1, 0.15) is 22.2 Å². The van der Waals surface area contributed by atoms with Crippen molar-refractivity contribution < 1.29 is 9.47 Å². The van der Waals surface area contributed by atoms with Gasteiger partial charge in [0.1, 0.15) is 5.75 Å². The Kier molecular flexibility index (Phi) is 8.44. The molecule has 5 nitrogen and oxygen atoms in total. The van der Waals surface area contributed by atoms with Gasteiger partial charge in [-0.15, -0.1) is 11.3 Å². The van der Waals surface area contributed by atoms with Gasteiger partial charge in [0.15, 0.2) is 5.96 Å². The largest absolute Gasteiger partial charge is 0.496 e.